The predicted molar refractivity (Wildman–Crippen MR) is 111 cm³/mol. The second kappa shape index (κ2) is 8.51. The summed E-state index contributed by atoms with van der Waals surface area (Å²) in [6.07, 6.45) is 4.98. The average molecular weight is 412 g/mol. The Labute approximate surface area is 168 Å². The van der Waals surface area contributed by atoms with Crippen molar-refractivity contribution in [2.24, 2.45) is 9.98 Å². The van der Waals surface area contributed by atoms with Crippen LogP contribution in [0, 0.1) is 0 Å². The highest BCUT2D eigenvalue weighted by molar-refractivity contribution is 6.42. The van der Waals surface area contributed by atoms with E-state index in [9.17, 15) is 0 Å². The lowest BCUT2D eigenvalue weighted by Crippen LogP contribution is -3.05. The number of hydrogen-bond acceptors (Lipinski definition) is 2. The van der Waals surface area contributed by atoms with Crippen molar-refractivity contribution in [1.29, 1.82) is 0 Å². The van der Waals surface area contributed by atoms with Gasteiger partial charge in [-0.15, -0.1) is 0 Å². The van der Waals surface area contributed by atoms with Crippen molar-refractivity contribution in [1.82, 2.24) is 0 Å². The van der Waals surface area contributed by atoms with Crippen LogP contribution in [0.25, 0.3) is 0 Å². The number of hydrogen-bond donors (Lipinski definition) is 2. The van der Waals surface area contributed by atoms with E-state index in [4.69, 9.17) is 34.8 Å². The van der Waals surface area contributed by atoms with E-state index in [1.54, 1.807) is 6.07 Å². The summed E-state index contributed by atoms with van der Waals surface area (Å²) in [7, 11) is 0. The third kappa shape index (κ3) is 4.11. The van der Waals surface area contributed by atoms with Gasteiger partial charge in [-0.25, -0.2) is 0 Å². The Morgan fingerprint density at radius 1 is 0.808 bits per heavy atom. The number of benzene rings is 2. The van der Waals surface area contributed by atoms with E-state index < -0.39 is 0 Å². The van der Waals surface area contributed by atoms with Crippen molar-refractivity contribution in [2.75, 3.05) is 13.1 Å². The molecule has 136 valence electrons. The average Bonchev–Trinajstić information content (AvgIpc) is 3.20. The number of quaternary nitrogens is 2. The van der Waals surface area contributed by atoms with Crippen molar-refractivity contribution in [3.8, 4) is 0 Å². The van der Waals surface area contributed by atoms with Crippen LogP contribution >= 0.6 is 34.8 Å². The third-order valence-corrected chi connectivity index (χ3v) is 5.27. The molecule has 0 saturated carbocycles. The fraction of sp³-hybridized carbons (Fsp3) is 0.263. The SMILES string of the molecule is CCC[NH+]1C=Nc2cc(Cl)ccc21.CC[NH+]1C=Nc2cc(Cl)c(Cl)cc21. The highest BCUT2D eigenvalue weighted by Crippen LogP contribution is 2.33. The number of halogens is 3. The van der Waals surface area contributed by atoms with Crippen LogP contribution in [-0.4, -0.2) is 25.8 Å². The third-order valence-electron chi connectivity index (χ3n) is 4.31. The molecule has 0 aliphatic carbocycles. The summed E-state index contributed by atoms with van der Waals surface area (Å²) in [6.45, 7) is 6.33. The number of aliphatic imine (C=N–C) groups is 2. The van der Waals surface area contributed by atoms with Gasteiger partial charge in [-0.05, 0) is 31.5 Å². The molecular weight excluding hydrogens is 391 g/mol. The van der Waals surface area contributed by atoms with Gasteiger partial charge in [0.05, 0.1) is 23.1 Å². The summed E-state index contributed by atoms with van der Waals surface area (Å²) in [4.78, 5) is 11.1. The van der Waals surface area contributed by atoms with Gasteiger partial charge in [0.1, 0.15) is 11.4 Å². The molecule has 2 N–H and O–H groups in total. The van der Waals surface area contributed by atoms with Gasteiger partial charge < -0.3 is 0 Å². The van der Waals surface area contributed by atoms with Gasteiger partial charge >= 0.3 is 0 Å². The van der Waals surface area contributed by atoms with Crippen LogP contribution in [0.2, 0.25) is 15.1 Å². The second-order valence-corrected chi connectivity index (χ2v) is 7.37. The molecule has 2 atom stereocenters. The maximum atomic E-state index is 5.91. The molecule has 0 amide bonds. The summed E-state index contributed by atoms with van der Waals surface area (Å²) in [6, 6.07) is 9.57. The molecule has 0 spiro atoms. The summed E-state index contributed by atoms with van der Waals surface area (Å²) >= 11 is 17.6. The predicted octanol–water partition coefficient (Wildman–Crippen LogP) is 4.14. The maximum Gasteiger partial charge on any atom is 0.194 e. The first-order valence-corrected chi connectivity index (χ1v) is 9.76. The molecule has 0 fully saturated rings. The number of nitrogens with zero attached hydrogens (tertiary/aromatic N) is 2. The van der Waals surface area contributed by atoms with E-state index >= 15 is 0 Å². The molecule has 2 aromatic carbocycles. The van der Waals surface area contributed by atoms with Crippen molar-refractivity contribution < 1.29 is 9.80 Å². The van der Waals surface area contributed by atoms with Crippen LogP contribution in [0.3, 0.4) is 0 Å². The fourth-order valence-corrected chi connectivity index (χ4v) is 3.46. The van der Waals surface area contributed by atoms with E-state index in [1.807, 2.05) is 30.9 Å². The standard InChI is InChI=1S/C10H11ClN2.C9H8Cl2N2/c1-2-5-13-7-12-9-6-8(11)3-4-10(9)13;1-2-13-5-12-8-3-6(10)7(11)4-9(8)13/h3-4,6-7H,2,5H2,1H3;3-5H,2H2,1H3/p+2. The molecule has 26 heavy (non-hydrogen) atoms. The Morgan fingerprint density at radius 2 is 1.46 bits per heavy atom. The lowest BCUT2D eigenvalue weighted by molar-refractivity contribution is -0.720. The van der Waals surface area contributed by atoms with Crippen LogP contribution in [0.15, 0.2) is 40.3 Å². The smallest absolute Gasteiger partial charge is 0.194 e. The number of nitrogens with one attached hydrogen (secondary N) is 2. The Balaban J connectivity index is 0.000000151. The van der Waals surface area contributed by atoms with E-state index in [0.717, 1.165) is 41.6 Å². The van der Waals surface area contributed by atoms with Crippen LogP contribution in [0.5, 0.6) is 0 Å². The monoisotopic (exact) mass is 410 g/mol. The molecule has 2 unspecified atom stereocenters. The van der Waals surface area contributed by atoms with Crippen LogP contribution in [0.1, 0.15) is 20.3 Å². The summed E-state index contributed by atoms with van der Waals surface area (Å²) < 4.78 is 0. The first-order chi connectivity index (χ1) is 12.5. The van der Waals surface area contributed by atoms with E-state index in [0.29, 0.717) is 10.0 Å². The van der Waals surface area contributed by atoms with Gasteiger partial charge in [-0.2, -0.15) is 9.98 Å². The van der Waals surface area contributed by atoms with E-state index in [2.05, 4.69) is 29.9 Å². The Hall–Kier alpha value is -1.43. The largest absolute Gasteiger partial charge is 0.258 e. The summed E-state index contributed by atoms with van der Waals surface area (Å²) in [5, 5.41) is 1.92. The Kier molecular flexibility index (Phi) is 6.33. The highest BCUT2D eigenvalue weighted by atomic mass is 35.5. The maximum absolute atomic E-state index is 5.91. The molecule has 0 radical (unpaired) electrons. The van der Waals surface area contributed by atoms with Gasteiger partial charge in [0.25, 0.3) is 0 Å². The summed E-state index contributed by atoms with van der Waals surface area (Å²) in [5.74, 6) is 0. The van der Waals surface area contributed by atoms with Crippen LogP contribution < -0.4 is 9.80 Å². The van der Waals surface area contributed by atoms with Crippen LogP contribution in [-0.2, 0) is 0 Å². The fourth-order valence-electron chi connectivity index (χ4n) is 2.97. The Bertz CT molecular complexity index is 864. The zero-order chi connectivity index (χ0) is 18.7. The molecule has 2 aliphatic heterocycles. The number of rotatable bonds is 3. The van der Waals surface area contributed by atoms with Crippen LogP contribution in [0.4, 0.5) is 22.7 Å². The quantitative estimate of drug-likeness (QED) is 0.761. The normalized spacial score (nSPS) is 19.1. The topological polar surface area (TPSA) is 33.6 Å². The first-order valence-electron chi connectivity index (χ1n) is 8.62. The van der Waals surface area contributed by atoms with Gasteiger partial charge in [0, 0.05) is 17.2 Å². The Morgan fingerprint density at radius 3 is 2.15 bits per heavy atom. The lowest BCUT2D eigenvalue weighted by atomic mass is 10.2. The van der Waals surface area contributed by atoms with Gasteiger partial charge in [0.2, 0.25) is 0 Å². The minimum absolute atomic E-state index is 0.565. The highest BCUT2D eigenvalue weighted by Gasteiger charge is 2.21. The molecule has 4 rings (SSSR count). The molecule has 0 bridgehead atoms. The van der Waals surface area contributed by atoms with E-state index in [1.165, 1.54) is 15.5 Å². The van der Waals surface area contributed by atoms with Crippen molar-refractivity contribution in [2.45, 2.75) is 20.3 Å². The number of fused-ring (bicyclic) bond motifs is 2. The summed E-state index contributed by atoms with van der Waals surface area (Å²) in [5.41, 5.74) is 4.28. The van der Waals surface area contributed by atoms with Gasteiger partial charge in [0.15, 0.2) is 24.1 Å². The van der Waals surface area contributed by atoms with Crippen molar-refractivity contribution in [3.05, 3.63) is 45.4 Å². The first kappa shape index (κ1) is 19.3. The minimum Gasteiger partial charge on any atom is -0.258 e. The second-order valence-electron chi connectivity index (χ2n) is 6.12. The molecule has 4 nitrogen and oxygen atoms in total. The van der Waals surface area contributed by atoms with Gasteiger partial charge in [-0.1, -0.05) is 41.7 Å². The molecule has 0 saturated heterocycles. The molecular formula is C19H21Cl3N4+2. The molecule has 2 heterocycles. The minimum atomic E-state index is 0.565. The van der Waals surface area contributed by atoms with Gasteiger partial charge in [-0.3, -0.25) is 9.80 Å². The van der Waals surface area contributed by atoms with E-state index in [-0.39, 0.29) is 0 Å². The molecule has 7 heteroatoms. The molecule has 2 aromatic rings. The zero-order valence-electron chi connectivity index (χ0n) is 14.7. The zero-order valence-corrected chi connectivity index (χ0v) is 17.0. The van der Waals surface area contributed by atoms with Crippen molar-refractivity contribution in [3.63, 3.8) is 0 Å². The lowest BCUT2D eigenvalue weighted by Gasteiger charge is -2.07. The molecule has 0 aromatic heterocycles. The van der Waals surface area contributed by atoms with Crippen molar-refractivity contribution >= 4 is 70.2 Å². The molecule has 2 aliphatic rings.